The lowest BCUT2D eigenvalue weighted by molar-refractivity contribution is -0.118. The van der Waals surface area contributed by atoms with Crippen LogP contribution in [0, 0.1) is 12.3 Å². The van der Waals surface area contributed by atoms with Gasteiger partial charge in [0, 0.05) is 0 Å². The number of hydrogen-bond donors (Lipinski definition) is 1. The Morgan fingerprint density at radius 3 is 2.81 bits per heavy atom. The molecule has 0 saturated carbocycles. The number of hydrogen-bond acceptors (Lipinski definition) is 6. The average molecular weight is 379 g/mol. The monoisotopic (exact) mass is 379 g/mol. The van der Waals surface area contributed by atoms with Crippen molar-refractivity contribution in [3.05, 3.63) is 59.7 Å². The number of thioether (sulfide) groups is 1. The number of nitrogens with one attached hydrogen (secondary N) is 1. The third-order valence-corrected chi connectivity index (χ3v) is 4.78. The summed E-state index contributed by atoms with van der Waals surface area (Å²) in [4.78, 5) is 12.1. The van der Waals surface area contributed by atoms with E-state index >= 15 is 0 Å². The molecule has 0 aromatic heterocycles. The highest BCUT2D eigenvalue weighted by molar-refractivity contribution is 8.15. The van der Waals surface area contributed by atoms with Crippen molar-refractivity contribution in [3.63, 3.8) is 0 Å². The van der Waals surface area contributed by atoms with Crippen LogP contribution in [0.4, 0.5) is 0 Å². The second-order valence-electron chi connectivity index (χ2n) is 5.45. The van der Waals surface area contributed by atoms with E-state index in [0.717, 1.165) is 11.1 Å². The van der Waals surface area contributed by atoms with E-state index < -0.39 is 0 Å². The second-order valence-corrected chi connectivity index (χ2v) is 6.54. The van der Waals surface area contributed by atoms with Gasteiger partial charge in [0.1, 0.15) is 11.9 Å². The van der Waals surface area contributed by atoms with E-state index in [-0.39, 0.29) is 17.8 Å². The molecule has 27 heavy (non-hydrogen) atoms. The van der Waals surface area contributed by atoms with E-state index in [1.54, 1.807) is 25.5 Å². The minimum absolute atomic E-state index is 0.100. The van der Waals surface area contributed by atoms with Gasteiger partial charge < -0.3 is 14.8 Å². The Balaban J connectivity index is 1.68. The van der Waals surface area contributed by atoms with Crippen LogP contribution in [0.25, 0.3) is 0 Å². The molecule has 1 fully saturated rings. The first-order chi connectivity index (χ1) is 13.2. The molecule has 1 amide bonds. The van der Waals surface area contributed by atoms with Gasteiger partial charge in [0.05, 0.1) is 13.3 Å². The Morgan fingerprint density at radius 2 is 2.07 bits per heavy atom. The van der Waals surface area contributed by atoms with Crippen LogP contribution in [-0.2, 0) is 4.79 Å². The number of nitrogens with zero attached hydrogens (tertiary/aromatic N) is 2. The van der Waals surface area contributed by atoms with E-state index in [2.05, 4.69) is 21.4 Å². The van der Waals surface area contributed by atoms with Crippen LogP contribution in [-0.4, -0.2) is 31.0 Å². The van der Waals surface area contributed by atoms with Gasteiger partial charge >= 0.3 is 0 Å². The maximum Gasteiger partial charge on any atom is 0.244 e. The van der Waals surface area contributed by atoms with Crippen LogP contribution in [0.15, 0.2) is 58.7 Å². The van der Waals surface area contributed by atoms with Crippen molar-refractivity contribution in [2.75, 3.05) is 13.7 Å². The molecule has 1 saturated heterocycles. The van der Waals surface area contributed by atoms with Crippen LogP contribution in [0.1, 0.15) is 16.4 Å². The molecule has 0 bridgehead atoms. The fourth-order valence-corrected chi connectivity index (χ4v) is 3.35. The van der Waals surface area contributed by atoms with Gasteiger partial charge in [0.25, 0.3) is 0 Å². The lowest BCUT2D eigenvalue weighted by Crippen LogP contribution is -2.21. The fourth-order valence-electron chi connectivity index (χ4n) is 2.41. The van der Waals surface area contributed by atoms with Gasteiger partial charge in [-0.05, 0) is 29.3 Å². The smallest absolute Gasteiger partial charge is 0.244 e. The van der Waals surface area contributed by atoms with Crippen LogP contribution < -0.4 is 14.8 Å². The normalized spacial score (nSPS) is 17.7. The van der Waals surface area contributed by atoms with E-state index in [0.29, 0.717) is 16.7 Å². The first kappa shape index (κ1) is 18.5. The number of rotatable bonds is 6. The highest BCUT2D eigenvalue weighted by Gasteiger charge is 2.31. The molecule has 136 valence electrons. The molecule has 1 aliphatic heterocycles. The molecule has 1 unspecified atom stereocenters. The standard InChI is InChI=1S/C20H17N3O3S/c1-3-11-26-16-10-9-14(12-17(16)25-2)13-21-23-20-22-19(24)18(27-20)15-7-5-4-6-8-15/h1,4-10,12-13,18H,11H2,2H3,(H,22,23,24)/b21-13+. The van der Waals surface area contributed by atoms with Gasteiger partial charge in [0.2, 0.25) is 5.91 Å². The highest BCUT2D eigenvalue weighted by atomic mass is 32.2. The van der Waals surface area contributed by atoms with Crippen molar-refractivity contribution in [1.82, 2.24) is 5.32 Å². The lowest BCUT2D eigenvalue weighted by atomic mass is 10.1. The molecular weight excluding hydrogens is 362 g/mol. The first-order valence-electron chi connectivity index (χ1n) is 8.09. The Kier molecular flexibility index (Phi) is 6.13. The molecule has 0 aliphatic carbocycles. The molecule has 1 aliphatic rings. The minimum atomic E-state index is -0.312. The van der Waals surface area contributed by atoms with Gasteiger partial charge in [-0.1, -0.05) is 48.0 Å². The molecule has 0 radical (unpaired) electrons. The lowest BCUT2D eigenvalue weighted by Gasteiger charge is -2.08. The number of methoxy groups -OCH3 is 1. The van der Waals surface area contributed by atoms with Gasteiger partial charge in [-0.15, -0.1) is 11.5 Å². The summed E-state index contributed by atoms with van der Waals surface area (Å²) in [5, 5.41) is 11.0. The summed E-state index contributed by atoms with van der Waals surface area (Å²) in [5.41, 5.74) is 1.71. The molecule has 2 aromatic carbocycles. The number of benzene rings is 2. The fraction of sp³-hybridized carbons (Fsp3) is 0.150. The zero-order chi connectivity index (χ0) is 19.1. The first-order valence-corrected chi connectivity index (χ1v) is 8.97. The molecule has 3 rings (SSSR count). The number of terminal acetylenes is 1. The molecule has 1 N–H and O–H groups in total. The van der Waals surface area contributed by atoms with E-state index in [1.807, 2.05) is 36.4 Å². The SMILES string of the molecule is C#CCOc1ccc(/C=N/N=C2\NC(=O)C(c3ccccc3)S2)cc1OC. The summed E-state index contributed by atoms with van der Waals surface area (Å²) in [6, 6.07) is 14.9. The Hall–Kier alpha value is -3.24. The molecule has 2 aromatic rings. The Morgan fingerprint density at radius 1 is 1.26 bits per heavy atom. The third kappa shape index (κ3) is 4.68. The molecule has 1 heterocycles. The Labute approximate surface area is 161 Å². The van der Waals surface area contributed by atoms with Crippen LogP contribution >= 0.6 is 11.8 Å². The van der Waals surface area contributed by atoms with Gasteiger partial charge in [0.15, 0.2) is 16.7 Å². The van der Waals surface area contributed by atoms with Crippen LogP contribution in [0.5, 0.6) is 11.5 Å². The van der Waals surface area contributed by atoms with Crippen molar-refractivity contribution in [1.29, 1.82) is 0 Å². The summed E-state index contributed by atoms with van der Waals surface area (Å²) >= 11 is 1.34. The largest absolute Gasteiger partial charge is 0.493 e. The van der Waals surface area contributed by atoms with E-state index in [4.69, 9.17) is 15.9 Å². The summed E-state index contributed by atoms with van der Waals surface area (Å²) in [5.74, 6) is 3.42. The summed E-state index contributed by atoms with van der Waals surface area (Å²) in [7, 11) is 1.55. The highest BCUT2D eigenvalue weighted by Crippen LogP contribution is 2.34. The number of carbonyl (C=O) groups is 1. The number of carbonyl (C=O) groups excluding carboxylic acids is 1. The van der Waals surface area contributed by atoms with Crippen molar-refractivity contribution in [2.45, 2.75) is 5.25 Å². The van der Waals surface area contributed by atoms with Crippen molar-refractivity contribution < 1.29 is 14.3 Å². The third-order valence-electron chi connectivity index (χ3n) is 3.65. The maximum atomic E-state index is 12.1. The predicted molar refractivity (Wildman–Crippen MR) is 107 cm³/mol. The molecule has 7 heteroatoms. The maximum absolute atomic E-state index is 12.1. The Bertz CT molecular complexity index is 920. The summed E-state index contributed by atoms with van der Waals surface area (Å²) in [6.07, 6.45) is 6.77. The van der Waals surface area contributed by atoms with Crippen molar-refractivity contribution in [2.24, 2.45) is 10.2 Å². The van der Waals surface area contributed by atoms with Gasteiger partial charge in [-0.25, -0.2) is 0 Å². The summed E-state index contributed by atoms with van der Waals surface area (Å²) < 4.78 is 10.7. The number of amidine groups is 1. The molecule has 1 atom stereocenters. The van der Waals surface area contributed by atoms with E-state index in [1.165, 1.54) is 11.8 Å². The quantitative estimate of drug-likeness (QED) is 0.476. The molecule has 6 nitrogen and oxygen atoms in total. The molecular formula is C20H17N3O3S. The summed E-state index contributed by atoms with van der Waals surface area (Å²) in [6.45, 7) is 0.164. The zero-order valence-corrected chi connectivity index (χ0v) is 15.4. The van der Waals surface area contributed by atoms with Gasteiger partial charge in [-0.2, -0.15) is 5.10 Å². The average Bonchev–Trinajstić information content (AvgIpc) is 3.08. The zero-order valence-electron chi connectivity index (χ0n) is 14.6. The van der Waals surface area contributed by atoms with E-state index in [9.17, 15) is 4.79 Å². The minimum Gasteiger partial charge on any atom is -0.493 e. The number of ether oxygens (including phenoxy) is 2. The topological polar surface area (TPSA) is 72.3 Å². The molecule has 0 spiro atoms. The van der Waals surface area contributed by atoms with Gasteiger partial charge in [-0.3, -0.25) is 4.79 Å². The van der Waals surface area contributed by atoms with Crippen molar-refractivity contribution in [3.8, 4) is 23.8 Å². The number of amides is 1. The van der Waals surface area contributed by atoms with Crippen LogP contribution in [0.3, 0.4) is 0 Å². The van der Waals surface area contributed by atoms with Crippen molar-refractivity contribution >= 4 is 29.1 Å². The predicted octanol–water partition coefficient (Wildman–Crippen LogP) is 3.00. The van der Waals surface area contributed by atoms with Crippen LogP contribution in [0.2, 0.25) is 0 Å². The second kappa shape index (κ2) is 8.92.